The van der Waals surface area contributed by atoms with Gasteiger partial charge in [0.25, 0.3) is 5.91 Å². The minimum absolute atomic E-state index is 0.159. The van der Waals surface area contributed by atoms with E-state index in [0.717, 1.165) is 18.4 Å². The molecule has 3 rings (SSSR count). The lowest BCUT2D eigenvalue weighted by atomic mass is 10.0. The van der Waals surface area contributed by atoms with Crippen molar-refractivity contribution in [2.75, 3.05) is 20.2 Å². The lowest BCUT2D eigenvalue weighted by molar-refractivity contribution is 0.0942. The van der Waals surface area contributed by atoms with Crippen molar-refractivity contribution in [2.24, 2.45) is 13.0 Å². The van der Waals surface area contributed by atoms with Gasteiger partial charge in [-0.15, -0.1) is 0 Å². The molecule has 0 unspecified atom stereocenters. The third kappa shape index (κ3) is 4.23. The maximum atomic E-state index is 12.9. The second-order valence-corrected chi connectivity index (χ2v) is 9.21. The molecule has 1 aliphatic rings. The number of para-hydroxylation sites is 1. The highest BCUT2D eigenvalue weighted by Crippen LogP contribution is 2.25. The number of amides is 1. The summed E-state index contributed by atoms with van der Waals surface area (Å²) in [6, 6.07) is 8.88. The van der Waals surface area contributed by atoms with Gasteiger partial charge in [0.2, 0.25) is 10.0 Å². The smallest absolute Gasteiger partial charge is 0.268 e. The SMILES string of the molecule is COc1ccccc1CNC(=O)c1cc(S(=O)(=O)N2CCC[C@@H](C)C2)cn1C. The van der Waals surface area contributed by atoms with Crippen molar-refractivity contribution in [3.63, 3.8) is 0 Å². The molecule has 1 amide bonds. The number of carbonyl (C=O) groups is 1. The van der Waals surface area contributed by atoms with E-state index in [1.165, 1.54) is 16.6 Å². The molecule has 0 spiro atoms. The Bertz CT molecular complexity index is 952. The van der Waals surface area contributed by atoms with Crippen molar-refractivity contribution in [1.29, 1.82) is 0 Å². The lowest BCUT2D eigenvalue weighted by Crippen LogP contribution is -2.38. The zero-order valence-corrected chi connectivity index (χ0v) is 17.3. The quantitative estimate of drug-likeness (QED) is 0.800. The average molecular weight is 406 g/mol. The van der Waals surface area contributed by atoms with Crippen LogP contribution in [-0.4, -0.2) is 43.4 Å². The van der Waals surface area contributed by atoms with Crippen LogP contribution in [0.3, 0.4) is 0 Å². The molecule has 1 saturated heterocycles. The molecule has 1 fully saturated rings. The molecule has 0 radical (unpaired) electrons. The predicted molar refractivity (Wildman–Crippen MR) is 107 cm³/mol. The van der Waals surface area contributed by atoms with Crippen LogP contribution < -0.4 is 10.1 Å². The van der Waals surface area contributed by atoms with Crippen LogP contribution >= 0.6 is 0 Å². The highest BCUT2D eigenvalue weighted by atomic mass is 32.2. The van der Waals surface area contributed by atoms with E-state index in [4.69, 9.17) is 4.74 Å². The zero-order chi connectivity index (χ0) is 20.3. The highest BCUT2D eigenvalue weighted by Gasteiger charge is 2.30. The number of benzene rings is 1. The maximum absolute atomic E-state index is 12.9. The molecule has 152 valence electrons. The summed E-state index contributed by atoms with van der Waals surface area (Å²) >= 11 is 0. The monoisotopic (exact) mass is 405 g/mol. The van der Waals surface area contributed by atoms with Crippen LogP contribution in [0.15, 0.2) is 41.4 Å². The van der Waals surface area contributed by atoms with E-state index in [2.05, 4.69) is 12.2 Å². The maximum Gasteiger partial charge on any atom is 0.268 e. The molecule has 2 aromatic rings. The van der Waals surface area contributed by atoms with Crippen LogP contribution in [0.5, 0.6) is 5.75 Å². The van der Waals surface area contributed by atoms with Crippen molar-refractivity contribution in [3.8, 4) is 5.75 Å². The van der Waals surface area contributed by atoms with Crippen molar-refractivity contribution in [2.45, 2.75) is 31.2 Å². The molecular weight excluding hydrogens is 378 g/mol. The fourth-order valence-electron chi connectivity index (χ4n) is 3.53. The van der Waals surface area contributed by atoms with E-state index in [0.29, 0.717) is 37.0 Å². The average Bonchev–Trinajstić information content (AvgIpc) is 3.09. The van der Waals surface area contributed by atoms with Crippen molar-refractivity contribution < 1.29 is 17.9 Å². The number of aromatic nitrogens is 1. The normalized spacial score (nSPS) is 18.0. The van der Waals surface area contributed by atoms with Gasteiger partial charge < -0.3 is 14.6 Å². The van der Waals surface area contributed by atoms with Crippen molar-refractivity contribution in [1.82, 2.24) is 14.2 Å². The zero-order valence-electron chi connectivity index (χ0n) is 16.5. The van der Waals surface area contributed by atoms with Gasteiger partial charge >= 0.3 is 0 Å². The Morgan fingerprint density at radius 2 is 2.07 bits per heavy atom. The summed E-state index contributed by atoms with van der Waals surface area (Å²) in [5, 5.41) is 2.83. The molecule has 0 aliphatic carbocycles. The van der Waals surface area contributed by atoms with Gasteiger partial charge in [0.05, 0.1) is 7.11 Å². The fourth-order valence-corrected chi connectivity index (χ4v) is 5.20. The van der Waals surface area contributed by atoms with Crippen molar-refractivity contribution >= 4 is 15.9 Å². The third-order valence-electron chi connectivity index (χ3n) is 5.10. The number of piperidine rings is 1. The molecule has 0 bridgehead atoms. The predicted octanol–water partition coefficient (Wildman–Crippen LogP) is 2.38. The number of nitrogens with zero attached hydrogens (tertiary/aromatic N) is 2. The van der Waals surface area contributed by atoms with Crippen LogP contribution in [0.1, 0.15) is 35.8 Å². The molecular formula is C20H27N3O4S. The Hall–Kier alpha value is -2.32. The standard InChI is InChI=1S/C20H27N3O4S/c1-15-7-6-10-23(13-15)28(25,26)17-11-18(22(2)14-17)20(24)21-12-16-8-4-5-9-19(16)27-3/h4-5,8-9,11,14-15H,6-7,10,12-13H2,1-3H3,(H,21,24)/t15-/m1/s1. The van der Waals surface area contributed by atoms with Gasteiger partial charge in [-0.05, 0) is 30.9 Å². The Morgan fingerprint density at radius 1 is 1.32 bits per heavy atom. The first-order valence-corrected chi connectivity index (χ1v) is 10.8. The van der Waals surface area contributed by atoms with Gasteiger partial charge in [0.1, 0.15) is 16.3 Å². The number of ether oxygens (including phenoxy) is 1. The minimum Gasteiger partial charge on any atom is -0.496 e. The number of carbonyl (C=O) groups excluding carboxylic acids is 1. The van der Waals surface area contributed by atoms with Gasteiger partial charge in [0.15, 0.2) is 0 Å². The molecule has 7 nitrogen and oxygen atoms in total. The molecule has 1 atom stereocenters. The topological polar surface area (TPSA) is 80.6 Å². The Balaban J connectivity index is 1.75. The van der Waals surface area contributed by atoms with Crippen LogP contribution in [0.2, 0.25) is 0 Å². The van der Waals surface area contributed by atoms with E-state index < -0.39 is 10.0 Å². The van der Waals surface area contributed by atoms with Gasteiger partial charge in [-0.25, -0.2) is 8.42 Å². The summed E-state index contributed by atoms with van der Waals surface area (Å²) in [4.78, 5) is 12.8. The van der Waals surface area contributed by atoms with E-state index in [1.807, 2.05) is 24.3 Å². The molecule has 1 N–H and O–H groups in total. The summed E-state index contributed by atoms with van der Waals surface area (Å²) in [7, 11) is -0.339. The first-order valence-electron chi connectivity index (χ1n) is 9.39. The molecule has 1 aromatic carbocycles. The van der Waals surface area contributed by atoms with Gasteiger partial charge in [-0.3, -0.25) is 4.79 Å². The van der Waals surface area contributed by atoms with Gasteiger partial charge in [-0.2, -0.15) is 4.31 Å². The van der Waals surface area contributed by atoms with E-state index in [1.54, 1.807) is 18.7 Å². The van der Waals surface area contributed by atoms with Crippen LogP contribution in [-0.2, 0) is 23.6 Å². The molecule has 28 heavy (non-hydrogen) atoms. The minimum atomic E-state index is -3.60. The number of aryl methyl sites for hydroxylation is 1. The van der Waals surface area contributed by atoms with Gasteiger partial charge in [-0.1, -0.05) is 25.1 Å². The Kier molecular flexibility index (Phi) is 6.10. The van der Waals surface area contributed by atoms with Crippen LogP contribution in [0.25, 0.3) is 0 Å². The second-order valence-electron chi connectivity index (χ2n) is 7.28. The summed E-state index contributed by atoms with van der Waals surface area (Å²) in [6.07, 6.45) is 3.41. The van der Waals surface area contributed by atoms with E-state index >= 15 is 0 Å². The van der Waals surface area contributed by atoms with Crippen LogP contribution in [0.4, 0.5) is 0 Å². The van der Waals surface area contributed by atoms with E-state index in [-0.39, 0.29) is 10.8 Å². The first-order chi connectivity index (χ1) is 13.3. The number of methoxy groups -OCH3 is 1. The number of sulfonamides is 1. The number of hydrogen-bond acceptors (Lipinski definition) is 4. The van der Waals surface area contributed by atoms with Crippen LogP contribution in [0, 0.1) is 5.92 Å². The fraction of sp³-hybridized carbons (Fsp3) is 0.450. The molecule has 1 aromatic heterocycles. The second kappa shape index (κ2) is 8.36. The number of nitrogens with one attached hydrogen (secondary N) is 1. The first kappa shape index (κ1) is 20.4. The van der Waals surface area contributed by atoms with E-state index in [9.17, 15) is 13.2 Å². The Labute approximate surface area is 166 Å². The number of rotatable bonds is 6. The molecule has 8 heteroatoms. The number of hydrogen-bond donors (Lipinski definition) is 1. The third-order valence-corrected chi connectivity index (χ3v) is 6.93. The van der Waals surface area contributed by atoms with Crippen molar-refractivity contribution in [3.05, 3.63) is 47.8 Å². The summed E-state index contributed by atoms with van der Waals surface area (Å²) in [5.74, 6) is 0.704. The Morgan fingerprint density at radius 3 is 2.79 bits per heavy atom. The summed E-state index contributed by atoms with van der Waals surface area (Å²) in [6.45, 7) is 3.40. The molecule has 1 aliphatic heterocycles. The lowest BCUT2D eigenvalue weighted by Gasteiger charge is -2.29. The highest BCUT2D eigenvalue weighted by molar-refractivity contribution is 7.89. The summed E-state index contributed by atoms with van der Waals surface area (Å²) < 4.78 is 34.3. The molecule has 0 saturated carbocycles. The largest absolute Gasteiger partial charge is 0.496 e. The van der Waals surface area contributed by atoms with Gasteiger partial charge in [0, 0.05) is 38.4 Å². The molecule has 2 heterocycles. The summed E-state index contributed by atoms with van der Waals surface area (Å²) in [5.41, 5.74) is 1.15.